The van der Waals surface area contributed by atoms with E-state index >= 15 is 0 Å². The van der Waals surface area contributed by atoms with Crippen LogP contribution in [0.4, 0.5) is 0 Å². The van der Waals surface area contributed by atoms with Crippen molar-refractivity contribution in [3.05, 3.63) is 53.9 Å². The highest BCUT2D eigenvalue weighted by atomic mass is 16.5. The highest BCUT2D eigenvalue weighted by molar-refractivity contribution is 5.95. The van der Waals surface area contributed by atoms with Crippen molar-refractivity contribution < 1.29 is 4.74 Å². The van der Waals surface area contributed by atoms with E-state index in [0.29, 0.717) is 17.4 Å². The Morgan fingerprint density at radius 3 is 2.53 bits per heavy atom. The number of aromatic nitrogens is 1. The van der Waals surface area contributed by atoms with Crippen LogP contribution in [0.25, 0.3) is 0 Å². The molecule has 0 spiro atoms. The number of pyridine rings is 1. The molecule has 0 saturated heterocycles. The third-order valence-corrected chi connectivity index (χ3v) is 2.79. The molecule has 0 aliphatic carbocycles. The second-order valence-corrected chi connectivity index (χ2v) is 4.56. The maximum absolute atomic E-state index is 7.52. The quantitative estimate of drug-likeness (QED) is 0.650. The number of ether oxygens (including phenoxy) is 1. The lowest BCUT2D eigenvalue weighted by Crippen LogP contribution is -2.14. The molecule has 0 aliphatic rings. The lowest BCUT2D eigenvalue weighted by molar-refractivity contribution is 0.469. The summed E-state index contributed by atoms with van der Waals surface area (Å²) in [6.07, 6.45) is 1.60. The summed E-state index contributed by atoms with van der Waals surface area (Å²) in [5.74, 6) is 1.53. The van der Waals surface area contributed by atoms with Gasteiger partial charge >= 0.3 is 0 Å². The molecule has 4 nitrogen and oxygen atoms in total. The van der Waals surface area contributed by atoms with Gasteiger partial charge in [0.2, 0.25) is 0 Å². The van der Waals surface area contributed by atoms with E-state index in [1.807, 2.05) is 24.3 Å². The van der Waals surface area contributed by atoms with Crippen molar-refractivity contribution in [2.24, 2.45) is 5.73 Å². The number of nitrogen functional groups attached to an aromatic ring is 1. The number of rotatable bonds is 4. The summed E-state index contributed by atoms with van der Waals surface area (Å²) in [7, 11) is 0. The summed E-state index contributed by atoms with van der Waals surface area (Å²) in [6, 6.07) is 11.4. The predicted molar refractivity (Wildman–Crippen MR) is 75.9 cm³/mol. The van der Waals surface area contributed by atoms with Gasteiger partial charge in [-0.05, 0) is 29.7 Å². The molecular weight excluding hydrogens is 238 g/mol. The van der Waals surface area contributed by atoms with Crippen LogP contribution in [0, 0.1) is 5.41 Å². The molecule has 0 atom stereocenters. The number of nitrogens with two attached hydrogens (primary N) is 1. The summed E-state index contributed by atoms with van der Waals surface area (Å²) >= 11 is 0. The van der Waals surface area contributed by atoms with E-state index in [2.05, 4.69) is 18.8 Å². The third-order valence-electron chi connectivity index (χ3n) is 2.79. The van der Waals surface area contributed by atoms with E-state index < -0.39 is 0 Å². The van der Waals surface area contributed by atoms with E-state index in [1.54, 1.807) is 18.3 Å². The van der Waals surface area contributed by atoms with Crippen LogP contribution in [0.15, 0.2) is 42.6 Å². The lowest BCUT2D eigenvalue weighted by atomic mass is 10.0. The number of hydrogen-bond acceptors (Lipinski definition) is 3. The first-order valence-corrected chi connectivity index (χ1v) is 6.15. The minimum absolute atomic E-state index is 0.0994. The maximum Gasteiger partial charge on any atom is 0.156 e. The van der Waals surface area contributed by atoms with Gasteiger partial charge in [-0.25, -0.2) is 4.98 Å². The number of para-hydroxylation sites is 1. The number of hydrogen-bond donors (Lipinski definition) is 2. The van der Waals surface area contributed by atoms with Crippen LogP contribution in [0.2, 0.25) is 0 Å². The van der Waals surface area contributed by atoms with E-state index in [4.69, 9.17) is 15.9 Å². The molecule has 0 saturated carbocycles. The van der Waals surface area contributed by atoms with Gasteiger partial charge in [0.1, 0.15) is 17.3 Å². The SMILES string of the molecule is CC(C)c1ccccc1Oc1cccnc1C(=N)N. The van der Waals surface area contributed by atoms with Gasteiger partial charge in [0.05, 0.1) is 0 Å². The average Bonchev–Trinajstić information content (AvgIpc) is 2.39. The van der Waals surface area contributed by atoms with Gasteiger partial charge in [-0.1, -0.05) is 32.0 Å². The molecule has 0 fully saturated rings. The molecule has 2 aromatic rings. The normalized spacial score (nSPS) is 10.5. The summed E-state index contributed by atoms with van der Waals surface area (Å²) in [4.78, 5) is 4.07. The number of amidine groups is 1. The van der Waals surface area contributed by atoms with Crippen LogP contribution in [0.5, 0.6) is 11.5 Å². The Kier molecular flexibility index (Phi) is 3.80. The number of nitrogens with zero attached hydrogens (tertiary/aromatic N) is 1. The van der Waals surface area contributed by atoms with Crippen molar-refractivity contribution in [3.8, 4) is 11.5 Å². The minimum atomic E-state index is -0.0994. The Balaban J connectivity index is 2.39. The summed E-state index contributed by atoms with van der Waals surface area (Å²) in [5, 5.41) is 7.52. The molecule has 2 rings (SSSR count). The first-order chi connectivity index (χ1) is 9.09. The molecule has 1 aromatic heterocycles. The van der Waals surface area contributed by atoms with E-state index in [-0.39, 0.29) is 5.84 Å². The van der Waals surface area contributed by atoms with Gasteiger partial charge in [-0.15, -0.1) is 0 Å². The van der Waals surface area contributed by atoms with Crippen LogP contribution in [0.3, 0.4) is 0 Å². The van der Waals surface area contributed by atoms with Crippen molar-refractivity contribution in [2.75, 3.05) is 0 Å². The molecule has 1 heterocycles. The smallest absolute Gasteiger partial charge is 0.156 e. The fourth-order valence-electron chi connectivity index (χ4n) is 1.84. The molecule has 98 valence electrons. The predicted octanol–water partition coefficient (Wildman–Crippen LogP) is 3.28. The van der Waals surface area contributed by atoms with Gasteiger partial charge in [-0.2, -0.15) is 0 Å². The standard InChI is InChI=1S/C15H17N3O/c1-10(2)11-6-3-4-7-12(11)19-13-8-5-9-18-14(13)15(16)17/h3-10H,1-2H3,(H3,16,17). The van der Waals surface area contributed by atoms with E-state index in [1.165, 1.54) is 0 Å². The van der Waals surface area contributed by atoms with Crippen molar-refractivity contribution in [1.82, 2.24) is 4.98 Å². The zero-order valence-corrected chi connectivity index (χ0v) is 11.1. The molecular formula is C15H17N3O. The topological polar surface area (TPSA) is 72.0 Å². The minimum Gasteiger partial charge on any atom is -0.455 e. The zero-order chi connectivity index (χ0) is 13.8. The molecule has 0 aliphatic heterocycles. The number of benzene rings is 1. The van der Waals surface area contributed by atoms with Gasteiger partial charge in [0.25, 0.3) is 0 Å². The van der Waals surface area contributed by atoms with Crippen LogP contribution in [0.1, 0.15) is 31.0 Å². The second kappa shape index (κ2) is 5.52. The third kappa shape index (κ3) is 2.91. The van der Waals surface area contributed by atoms with Gasteiger partial charge in [0, 0.05) is 6.20 Å². The van der Waals surface area contributed by atoms with Crippen LogP contribution >= 0.6 is 0 Å². The van der Waals surface area contributed by atoms with Gasteiger partial charge < -0.3 is 10.5 Å². The molecule has 1 aromatic carbocycles. The van der Waals surface area contributed by atoms with E-state index in [0.717, 1.165) is 11.3 Å². The Hall–Kier alpha value is -2.36. The Morgan fingerprint density at radius 2 is 1.84 bits per heavy atom. The van der Waals surface area contributed by atoms with Gasteiger partial charge in [0.15, 0.2) is 5.75 Å². The van der Waals surface area contributed by atoms with Crippen molar-refractivity contribution in [3.63, 3.8) is 0 Å². The first-order valence-electron chi connectivity index (χ1n) is 6.15. The average molecular weight is 255 g/mol. The molecule has 0 unspecified atom stereocenters. The first kappa shape index (κ1) is 13.1. The number of nitrogens with one attached hydrogen (secondary N) is 1. The molecule has 0 radical (unpaired) electrons. The van der Waals surface area contributed by atoms with Gasteiger partial charge in [-0.3, -0.25) is 5.41 Å². The second-order valence-electron chi connectivity index (χ2n) is 4.56. The summed E-state index contributed by atoms with van der Waals surface area (Å²) in [6.45, 7) is 4.22. The highest BCUT2D eigenvalue weighted by Gasteiger charge is 2.12. The van der Waals surface area contributed by atoms with Crippen molar-refractivity contribution >= 4 is 5.84 Å². The maximum atomic E-state index is 7.52. The summed E-state index contributed by atoms with van der Waals surface area (Å²) in [5.41, 5.74) is 6.98. The highest BCUT2D eigenvalue weighted by Crippen LogP contribution is 2.31. The zero-order valence-electron chi connectivity index (χ0n) is 11.1. The molecule has 0 bridgehead atoms. The molecule has 19 heavy (non-hydrogen) atoms. The van der Waals surface area contributed by atoms with Crippen molar-refractivity contribution in [2.45, 2.75) is 19.8 Å². The molecule has 3 N–H and O–H groups in total. The van der Waals surface area contributed by atoms with Crippen LogP contribution < -0.4 is 10.5 Å². The van der Waals surface area contributed by atoms with Crippen molar-refractivity contribution in [1.29, 1.82) is 5.41 Å². The largest absolute Gasteiger partial charge is 0.455 e. The van der Waals surface area contributed by atoms with E-state index in [9.17, 15) is 0 Å². The Morgan fingerprint density at radius 1 is 1.16 bits per heavy atom. The fourth-order valence-corrected chi connectivity index (χ4v) is 1.84. The molecule has 0 amide bonds. The fraction of sp³-hybridized carbons (Fsp3) is 0.200. The Labute approximate surface area is 112 Å². The Bertz CT molecular complexity index is 593. The monoisotopic (exact) mass is 255 g/mol. The van der Waals surface area contributed by atoms with Crippen LogP contribution in [-0.2, 0) is 0 Å². The lowest BCUT2D eigenvalue weighted by Gasteiger charge is -2.14. The molecule has 4 heteroatoms. The van der Waals surface area contributed by atoms with Crippen LogP contribution in [-0.4, -0.2) is 10.8 Å². The summed E-state index contributed by atoms with van der Waals surface area (Å²) < 4.78 is 5.88.